The zero-order valence-corrected chi connectivity index (χ0v) is 14.5. The molecule has 1 N–H and O–H groups in total. The number of hydrogen-bond acceptors (Lipinski definition) is 1. The van der Waals surface area contributed by atoms with E-state index in [0.717, 1.165) is 38.0 Å². The van der Waals surface area contributed by atoms with Gasteiger partial charge in [0, 0.05) is 6.42 Å². The zero-order valence-electron chi connectivity index (χ0n) is 14.5. The van der Waals surface area contributed by atoms with Crippen LogP contribution in [0.25, 0.3) is 0 Å². The van der Waals surface area contributed by atoms with E-state index < -0.39 is 5.60 Å². The van der Waals surface area contributed by atoms with Crippen molar-refractivity contribution < 1.29 is 5.11 Å². The van der Waals surface area contributed by atoms with Crippen molar-refractivity contribution in [3.63, 3.8) is 0 Å². The number of benzene rings is 1. The van der Waals surface area contributed by atoms with E-state index >= 15 is 0 Å². The van der Waals surface area contributed by atoms with E-state index in [4.69, 9.17) is 0 Å². The van der Waals surface area contributed by atoms with Gasteiger partial charge in [0.25, 0.3) is 0 Å². The van der Waals surface area contributed by atoms with Gasteiger partial charge in [0.05, 0.1) is 5.60 Å². The highest BCUT2D eigenvalue weighted by molar-refractivity contribution is 5.29. The van der Waals surface area contributed by atoms with Crippen molar-refractivity contribution in [2.24, 2.45) is 11.3 Å². The summed E-state index contributed by atoms with van der Waals surface area (Å²) < 4.78 is 0. The van der Waals surface area contributed by atoms with Gasteiger partial charge in [0.2, 0.25) is 0 Å². The van der Waals surface area contributed by atoms with Crippen LogP contribution >= 0.6 is 0 Å². The Hall–Kier alpha value is -0.820. The topological polar surface area (TPSA) is 20.2 Å². The summed E-state index contributed by atoms with van der Waals surface area (Å²) in [7, 11) is 0. The first-order valence-corrected chi connectivity index (χ1v) is 8.48. The number of aliphatic hydroxyl groups is 1. The van der Waals surface area contributed by atoms with Crippen molar-refractivity contribution in [2.45, 2.75) is 78.7 Å². The lowest BCUT2D eigenvalue weighted by atomic mass is 9.76. The minimum atomic E-state index is -0.500. The molecule has 0 radical (unpaired) electrons. The van der Waals surface area contributed by atoms with E-state index in [1.165, 1.54) is 23.1 Å². The standard InChI is InChI=1S/C20H32O/c1-15-11-16(2)13-17(12-15)14-20(21)9-6-7-18(8-10-20)19(3,4)5/h11-13,18,21H,6-10,14H2,1-5H3. The third-order valence-electron chi connectivity index (χ3n) is 5.19. The molecule has 0 amide bonds. The lowest BCUT2D eigenvalue weighted by molar-refractivity contribution is 0.0225. The molecule has 1 aliphatic rings. The van der Waals surface area contributed by atoms with Gasteiger partial charge in [-0.25, -0.2) is 0 Å². The van der Waals surface area contributed by atoms with E-state index in [1.807, 2.05) is 0 Å². The van der Waals surface area contributed by atoms with Gasteiger partial charge in [-0.3, -0.25) is 0 Å². The molecule has 1 aliphatic carbocycles. The molecule has 2 unspecified atom stereocenters. The van der Waals surface area contributed by atoms with Gasteiger partial charge in [0.15, 0.2) is 0 Å². The van der Waals surface area contributed by atoms with Crippen LogP contribution in [-0.4, -0.2) is 10.7 Å². The minimum Gasteiger partial charge on any atom is -0.390 e. The summed E-state index contributed by atoms with van der Waals surface area (Å²) in [6.45, 7) is 11.3. The van der Waals surface area contributed by atoms with Crippen LogP contribution in [-0.2, 0) is 6.42 Å². The largest absolute Gasteiger partial charge is 0.390 e. The molecular formula is C20H32O. The molecule has 2 atom stereocenters. The molecule has 0 aromatic heterocycles. The molecule has 1 saturated carbocycles. The average Bonchev–Trinajstić information content (AvgIpc) is 2.49. The van der Waals surface area contributed by atoms with Crippen LogP contribution in [0.3, 0.4) is 0 Å². The summed E-state index contributed by atoms with van der Waals surface area (Å²) in [6.07, 6.45) is 6.29. The molecule has 2 rings (SSSR count). The van der Waals surface area contributed by atoms with Crippen LogP contribution in [0.15, 0.2) is 18.2 Å². The van der Waals surface area contributed by atoms with Crippen molar-refractivity contribution >= 4 is 0 Å². The summed E-state index contributed by atoms with van der Waals surface area (Å²) in [5.41, 5.74) is 3.76. The fourth-order valence-electron chi connectivity index (χ4n) is 3.98. The highest BCUT2D eigenvalue weighted by Gasteiger charge is 2.34. The van der Waals surface area contributed by atoms with E-state index in [1.54, 1.807) is 0 Å². The molecule has 0 heterocycles. The van der Waals surface area contributed by atoms with E-state index in [-0.39, 0.29) is 0 Å². The number of rotatable bonds is 2. The summed E-state index contributed by atoms with van der Waals surface area (Å²) in [5, 5.41) is 11.1. The summed E-state index contributed by atoms with van der Waals surface area (Å²) in [6, 6.07) is 6.67. The third kappa shape index (κ3) is 4.57. The fourth-order valence-corrected chi connectivity index (χ4v) is 3.98. The Morgan fingerprint density at radius 1 is 1.05 bits per heavy atom. The van der Waals surface area contributed by atoms with Crippen LogP contribution in [0.4, 0.5) is 0 Å². The summed E-state index contributed by atoms with van der Waals surface area (Å²) in [5.74, 6) is 0.741. The zero-order chi connectivity index (χ0) is 15.7. The highest BCUT2D eigenvalue weighted by Crippen LogP contribution is 2.40. The Morgan fingerprint density at radius 2 is 1.67 bits per heavy atom. The fraction of sp³-hybridized carbons (Fsp3) is 0.700. The monoisotopic (exact) mass is 288 g/mol. The van der Waals surface area contributed by atoms with Crippen molar-refractivity contribution in [3.8, 4) is 0 Å². The second-order valence-electron chi connectivity index (χ2n) is 8.39. The maximum Gasteiger partial charge on any atom is 0.0688 e. The van der Waals surface area contributed by atoms with Gasteiger partial charge >= 0.3 is 0 Å². The predicted molar refractivity (Wildman–Crippen MR) is 90.6 cm³/mol. The molecule has 118 valence electrons. The third-order valence-corrected chi connectivity index (χ3v) is 5.19. The Morgan fingerprint density at radius 3 is 2.24 bits per heavy atom. The average molecular weight is 288 g/mol. The first-order valence-electron chi connectivity index (χ1n) is 8.48. The van der Waals surface area contributed by atoms with Gasteiger partial charge in [-0.15, -0.1) is 0 Å². The van der Waals surface area contributed by atoms with Crippen LogP contribution in [0, 0.1) is 25.2 Å². The van der Waals surface area contributed by atoms with E-state index in [9.17, 15) is 5.11 Å². The maximum atomic E-state index is 11.1. The molecule has 0 spiro atoms. The second-order valence-corrected chi connectivity index (χ2v) is 8.39. The Bertz CT molecular complexity index is 463. The molecule has 0 saturated heterocycles. The SMILES string of the molecule is Cc1cc(C)cc(CC2(O)CCCC(C(C)(C)C)CC2)c1. The number of hydrogen-bond donors (Lipinski definition) is 1. The van der Waals surface area contributed by atoms with Gasteiger partial charge in [-0.05, 0) is 56.4 Å². The Kier molecular flexibility index (Phi) is 4.82. The van der Waals surface area contributed by atoms with Crippen molar-refractivity contribution in [1.29, 1.82) is 0 Å². The van der Waals surface area contributed by atoms with E-state index in [0.29, 0.717) is 5.41 Å². The van der Waals surface area contributed by atoms with Crippen LogP contribution < -0.4 is 0 Å². The molecule has 0 aliphatic heterocycles. The smallest absolute Gasteiger partial charge is 0.0688 e. The molecule has 1 nitrogen and oxygen atoms in total. The Labute approximate surface area is 130 Å². The maximum absolute atomic E-state index is 11.1. The first kappa shape index (κ1) is 16.5. The Balaban J connectivity index is 2.08. The molecule has 21 heavy (non-hydrogen) atoms. The summed E-state index contributed by atoms with van der Waals surface area (Å²) in [4.78, 5) is 0. The lowest BCUT2D eigenvalue weighted by Crippen LogP contribution is -2.31. The molecule has 0 bridgehead atoms. The summed E-state index contributed by atoms with van der Waals surface area (Å²) >= 11 is 0. The van der Waals surface area contributed by atoms with Gasteiger partial charge in [-0.1, -0.05) is 56.5 Å². The molecule has 1 aromatic carbocycles. The molecular weight excluding hydrogens is 256 g/mol. The molecule has 1 aromatic rings. The van der Waals surface area contributed by atoms with Crippen molar-refractivity contribution in [2.75, 3.05) is 0 Å². The van der Waals surface area contributed by atoms with Crippen molar-refractivity contribution in [1.82, 2.24) is 0 Å². The minimum absolute atomic E-state index is 0.366. The quantitative estimate of drug-likeness (QED) is 0.741. The van der Waals surface area contributed by atoms with Crippen LogP contribution in [0.5, 0.6) is 0 Å². The second kappa shape index (κ2) is 6.12. The van der Waals surface area contributed by atoms with Gasteiger partial charge in [-0.2, -0.15) is 0 Å². The number of aryl methyl sites for hydroxylation is 2. The van der Waals surface area contributed by atoms with Gasteiger partial charge in [0.1, 0.15) is 0 Å². The molecule has 1 heteroatoms. The molecule has 1 fully saturated rings. The normalized spacial score (nSPS) is 27.4. The van der Waals surface area contributed by atoms with Crippen LogP contribution in [0.1, 0.15) is 69.6 Å². The first-order chi connectivity index (χ1) is 9.68. The van der Waals surface area contributed by atoms with Crippen molar-refractivity contribution in [3.05, 3.63) is 34.9 Å². The predicted octanol–water partition coefficient (Wildman–Crippen LogP) is 5.20. The van der Waals surface area contributed by atoms with Crippen LogP contribution in [0.2, 0.25) is 0 Å². The highest BCUT2D eigenvalue weighted by atomic mass is 16.3. The van der Waals surface area contributed by atoms with Gasteiger partial charge < -0.3 is 5.11 Å². The lowest BCUT2D eigenvalue weighted by Gasteiger charge is -2.31. The van der Waals surface area contributed by atoms with E-state index in [2.05, 4.69) is 52.8 Å².